The number of hydrogen-bond acceptors (Lipinski definition) is 6. The molecule has 140 valence electrons. The maximum absolute atomic E-state index is 12.5. The largest absolute Gasteiger partial charge is 0.497 e. The molecule has 9 nitrogen and oxygen atoms in total. The molecule has 1 saturated heterocycles. The Hall–Kier alpha value is -4.19. The summed E-state index contributed by atoms with van der Waals surface area (Å²) >= 11 is 0. The molecule has 2 aromatic carbocycles. The van der Waals surface area contributed by atoms with Crippen LogP contribution in [0.25, 0.3) is 0 Å². The molecule has 1 fully saturated rings. The van der Waals surface area contributed by atoms with Gasteiger partial charge in [0.15, 0.2) is 0 Å². The van der Waals surface area contributed by atoms with Gasteiger partial charge in [0.2, 0.25) is 5.91 Å². The van der Waals surface area contributed by atoms with Crippen LogP contribution in [0, 0.1) is 11.3 Å². The van der Waals surface area contributed by atoms with E-state index in [9.17, 15) is 19.2 Å². The molecule has 0 aliphatic carbocycles. The monoisotopic (exact) mass is 378 g/mol. The molecule has 0 bridgehead atoms. The number of urea groups is 1. The average Bonchev–Trinajstić information content (AvgIpc) is 2.92. The van der Waals surface area contributed by atoms with E-state index in [0.29, 0.717) is 15.5 Å². The summed E-state index contributed by atoms with van der Waals surface area (Å²) in [7, 11) is 1.47. The van der Waals surface area contributed by atoms with Gasteiger partial charge in [0.25, 0.3) is 0 Å². The molecule has 28 heavy (non-hydrogen) atoms. The fourth-order valence-corrected chi connectivity index (χ4v) is 2.63. The van der Waals surface area contributed by atoms with Gasteiger partial charge in [-0.2, -0.15) is 5.26 Å². The van der Waals surface area contributed by atoms with E-state index >= 15 is 0 Å². The van der Waals surface area contributed by atoms with Crippen molar-refractivity contribution in [2.45, 2.75) is 0 Å². The van der Waals surface area contributed by atoms with Crippen molar-refractivity contribution in [3.05, 3.63) is 54.1 Å². The third-order valence-electron chi connectivity index (χ3n) is 4.01. The Morgan fingerprint density at radius 2 is 1.75 bits per heavy atom. The number of rotatable bonds is 5. The van der Waals surface area contributed by atoms with E-state index in [0.717, 1.165) is 0 Å². The third kappa shape index (κ3) is 3.39. The molecule has 5 amide bonds. The Kier molecular flexibility index (Phi) is 5.04. The number of nitrogens with zero attached hydrogens (tertiary/aromatic N) is 3. The smallest absolute Gasteiger partial charge is 0.339 e. The standard InChI is InChI=1S/C19H14N4O5/c1-28-14-8-6-13(7-9-14)23-18(26)17(25)22(19(23)27)11-16(24)21-15-5-3-2-4-12(15)10-20/h2-9H,11H2,1H3,(H,21,24). The number of imide groups is 2. The maximum atomic E-state index is 12.5. The van der Waals surface area contributed by atoms with Gasteiger partial charge in [-0.3, -0.25) is 14.4 Å². The Labute approximate surface area is 159 Å². The van der Waals surface area contributed by atoms with Gasteiger partial charge in [0.05, 0.1) is 24.0 Å². The number of nitriles is 1. The SMILES string of the molecule is COc1ccc(N2C(=O)C(=O)N(CC(=O)Nc3ccccc3C#N)C2=O)cc1. The zero-order chi connectivity index (χ0) is 20.3. The van der Waals surface area contributed by atoms with Gasteiger partial charge in [0.1, 0.15) is 18.4 Å². The lowest BCUT2D eigenvalue weighted by Gasteiger charge is -2.16. The van der Waals surface area contributed by atoms with Crippen LogP contribution in [0.3, 0.4) is 0 Å². The summed E-state index contributed by atoms with van der Waals surface area (Å²) in [5.41, 5.74) is 0.653. The summed E-state index contributed by atoms with van der Waals surface area (Å²) < 4.78 is 5.01. The maximum Gasteiger partial charge on any atom is 0.339 e. The van der Waals surface area contributed by atoms with E-state index in [1.165, 1.54) is 43.5 Å². The second-order valence-corrected chi connectivity index (χ2v) is 5.72. The van der Waals surface area contributed by atoms with E-state index in [4.69, 9.17) is 10.00 Å². The van der Waals surface area contributed by atoms with Crippen molar-refractivity contribution in [1.82, 2.24) is 4.90 Å². The predicted molar refractivity (Wildman–Crippen MR) is 97.4 cm³/mol. The number of ether oxygens (including phenoxy) is 1. The van der Waals surface area contributed by atoms with Crippen molar-refractivity contribution >= 4 is 35.1 Å². The lowest BCUT2D eigenvalue weighted by atomic mass is 10.2. The first-order valence-electron chi connectivity index (χ1n) is 8.09. The zero-order valence-electron chi connectivity index (χ0n) is 14.7. The van der Waals surface area contributed by atoms with Crippen LogP contribution in [0.4, 0.5) is 16.2 Å². The Morgan fingerprint density at radius 1 is 1.07 bits per heavy atom. The van der Waals surface area contributed by atoms with Gasteiger partial charge in [-0.05, 0) is 36.4 Å². The van der Waals surface area contributed by atoms with Crippen molar-refractivity contribution in [3.63, 3.8) is 0 Å². The van der Waals surface area contributed by atoms with E-state index in [-0.39, 0.29) is 16.9 Å². The number of nitrogens with one attached hydrogen (secondary N) is 1. The van der Waals surface area contributed by atoms with Crippen LogP contribution in [0.5, 0.6) is 5.75 Å². The van der Waals surface area contributed by atoms with Crippen LogP contribution in [-0.2, 0) is 14.4 Å². The molecule has 0 radical (unpaired) electrons. The van der Waals surface area contributed by atoms with Crippen LogP contribution >= 0.6 is 0 Å². The number of benzene rings is 2. The Balaban J connectivity index is 1.76. The van der Waals surface area contributed by atoms with Crippen molar-refractivity contribution in [2.24, 2.45) is 0 Å². The first-order chi connectivity index (χ1) is 13.5. The van der Waals surface area contributed by atoms with Gasteiger partial charge >= 0.3 is 17.8 Å². The summed E-state index contributed by atoms with van der Waals surface area (Å²) in [5.74, 6) is -2.36. The number of hydrogen-bond donors (Lipinski definition) is 1. The van der Waals surface area contributed by atoms with Gasteiger partial charge < -0.3 is 10.1 Å². The summed E-state index contributed by atoms with van der Waals surface area (Å²) in [6, 6.07) is 13.3. The molecule has 1 N–H and O–H groups in total. The normalized spacial score (nSPS) is 13.5. The number of anilines is 2. The highest BCUT2D eigenvalue weighted by molar-refractivity contribution is 6.53. The molecule has 0 spiro atoms. The molecule has 1 aliphatic heterocycles. The molecule has 0 saturated carbocycles. The van der Waals surface area contributed by atoms with Crippen molar-refractivity contribution < 1.29 is 23.9 Å². The summed E-state index contributed by atoms with van der Waals surface area (Å²) in [6.07, 6.45) is 0. The van der Waals surface area contributed by atoms with Crippen LogP contribution in [0.15, 0.2) is 48.5 Å². The lowest BCUT2D eigenvalue weighted by molar-refractivity contribution is -0.140. The van der Waals surface area contributed by atoms with Crippen LogP contribution in [0.2, 0.25) is 0 Å². The fraction of sp³-hybridized carbons (Fsp3) is 0.105. The highest BCUT2D eigenvalue weighted by atomic mass is 16.5. The number of carbonyl (C=O) groups excluding carboxylic acids is 4. The average molecular weight is 378 g/mol. The van der Waals surface area contributed by atoms with Crippen LogP contribution in [-0.4, -0.2) is 42.3 Å². The topological polar surface area (TPSA) is 120 Å². The van der Waals surface area contributed by atoms with Crippen molar-refractivity contribution in [2.75, 3.05) is 23.9 Å². The van der Waals surface area contributed by atoms with Crippen molar-refractivity contribution in [1.29, 1.82) is 5.26 Å². The van der Waals surface area contributed by atoms with E-state index < -0.39 is 30.3 Å². The van der Waals surface area contributed by atoms with Crippen LogP contribution in [0.1, 0.15) is 5.56 Å². The molecular weight excluding hydrogens is 364 g/mol. The Bertz CT molecular complexity index is 1010. The molecule has 0 unspecified atom stereocenters. The molecular formula is C19H14N4O5. The fourth-order valence-electron chi connectivity index (χ4n) is 2.63. The number of para-hydroxylation sites is 1. The molecule has 9 heteroatoms. The molecule has 2 aromatic rings. The number of methoxy groups -OCH3 is 1. The van der Waals surface area contributed by atoms with Gasteiger partial charge in [-0.15, -0.1) is 0 Å². The second kappa shape index (κ2) is 7.59. The van der Waals surface area contributed by atoms with Crippen LogP contribution < -0.4 is 15.0 Å². The minimum Gasteiger partial charge on any atom is -0.497 e. The highest BCUT2D eigenvalue weighted by Crippen LogP contribution is 2.24. The first kappa shape index (κ1) is 18.6. The summed E-state index contributed by atoms with van der Waals surface area (Å²) in [4.78, 5) is 50.5. The minimum absolute atomic E-state index is 0.182. The molecule has 0 aromatic heterocycles. The lowest BCUT2D eigenvalue weighted by Crippen LogP contribution is -2.39. The minimum atomic E-state index is -1.11. The van der Waals surface area contributed by atoms with E-state index in [1.54, 1.807) is 12.1 Å². The Morgan fingerprint density at radius 3 is 2.39 bits per heavy atom. The third-order valence-corrected chi connectivity index (χ3v) is 4.01. The molecule has 0 atom stereocenters. The predicted octanol–water partition coefficient (Wildman–Crippen LogP) is 1.50. The summed E-state index contributed by atoms with van der Waals surface area (Å²) in [6.45, 7) is -0.657. The van der Waals surface area contributed by atoms with E-state index in [2.05, 4.69) is 5.32 Å². The summed E-state index contributed by atoms with van der Waals surface area (Å²) in [5, 5.41) is 11.5. The molecule has 3 rings (SSSR count). The number of carbonyl (C=O) groups is 4. The number of amides is 5. The highest BCUT2D eigenvalue weighted by Gasteiger charge is 2.46. The molecule has 1 heterocycles. The van der Waals surface area contributed by atoms with Crippen molar-refractivity contribution in [3.8, 4) is 11.8 Å². The quantitative estimate of drug-likeness (QED) is 0.622. The van der Waals surface area contributed by atoms with Gasteiger partial charge in [0, 0.05) is 0 Å². The van der Waals surface area contributed by atoms with Gasteiger partial charge in [-0.1, -0.05) is 12.1 Å². The second-order valence-electron chi connectivity index (χ2n) is 5.72. The van der Waals surface area contributed by atoms with Gasteiger partial charge in [-0.25, -0.2) is 14.6 Å². The zero-order valence-corrected chi connectivity index (χ0v) is 14.7. The first-order valence-corrected chi connectivity index (χ1v) is 8.09. The van der Waals surface area contributed by atoms with E-state index in [1.807, 2.05) is 6.07 Å². The molecule has 1 aliphatic rings.